The van der Waals surface area contributed by atoms with Crippen LogP contribution in [0.3, 0.4) is 0 Å². The van der Waals surface area contributed by atoms with Gasteiger partial charge in [-0.2, -0.15) is 0 Å². The smallest absolute Gasteiger partial charge is 0.338 e. The number of fused-ring (bicyclic) bond motifs is 1. The van der Waals surface area contributed by atoms with Crippen molar-refractivity contribution in [3.8, 4) is 5.75 Å². The lowest BCUT2D eigenvalue weighted by molar-refractivity contribution is 0.0474. The number of imide groups is 1. The Morgan fingerprint density at radius 1 is 0.909 bits per heavy atom. The monoisotopic (exact) mass is 467 g/mol. The highest BCUT2D eigenvalue weighted by Gasteiger charge is 2.37. The first-order valence-electron chi connectivity index (χ1n) is 9.62. The van der Waals surface area contributed by atoms with Gasteiger partial charge in [-0.15, -0.1) is 0 Å². The quantitative estimate of drug-likeness (QED) is 0.304. The van der Waals surface area contributed by atoms with Gasteiger partial charge in [-0.3, -0.25) is 14.4 Å². The number of hydrogen-bond donors (Lipinski definition) is 0. The summed E-state index contributed by atoms with van der Waals surface area (Å²) in [6.07, 6.45) is 0. The fourth-order valence-electron chi connectivity index (χ4n) is 3.33. The number of methoxy groups -OCH3 is 1. The minimum absolute atomic E-state index is 0.00874. The predicted molar refractivity (Wildman–Crippen MR) is 117 cm³/mol. The molecule has 9 heteroatoms. The van der Waals surface area contributed by atoms with Gasteiger partial charge in [-0.05, 0) is 60.7 Å². The number of ketones is 1. The second-order valence-corrected chi connectivity index (χ2v) is 7.47. The first-order chi connectivity index (χ1) is 15.8. The molecule has 0 aromatic heterocycles. The summed E-state index contributed by atoms with van der Waals surface area (Å²) < 4.78 is 23.6. The fraction of sp³-hybridized carbons (Fsp3) is 0.0833. The summed E-state index contributed by atoms with van der Waals surface area (Å²) in [4.78, 5) is 51.2. The molecule has 1 aliphatic rings. The van der Waals surface area contributed by atoms with Crippen molar-refractivity contribution in [3.05, 3.63) is 93.8 Å². The van der Waals surface area contributed by atoms with Crippen LogP contribution in [0.25, 0.3) is 0 Å². The van der Waals surface area contributed by atoms with Crippen LogP contribution in [-0.2, 0) is 4.74 Å². The molecule has 3 aromatic rings. The molecule has 0 radical (unpaired) electrons. The molecule has 2 amide bonds. The van der Waals surface area contributed by atoms with Crippen LogP contribution in [0, 0.1) is 5.82 Å². The van der Waals surface area contributed by atoms with E-state index in [1.807, 2.05) is 0 Å². The van der Waals surface area contributed by atoms with Crippen molar-refractivity contribution in [1.29, 1.82) is 0 Å². The largest absolute Gasteiger partial charge is 0.494 e. The molecule has 0 N–H and O–H groups in total. The van der Waals surface area contributed by atoms with E-state index in [1.165, 1.54) is 49.6 Å². The van der Waals surface area contributed by atoms with E-state index in [2.05, 4.69) is 0 Å². The number of benzene rings is 3. The van der Waals surface area contributed by atoms with E-state index < -0.39 is 36.0 Å². The molecule has 7 nitrogen and oxygen atoms in total. The maximum Gasteiger partial charge on any atom is 0.338 e. The van der Waals surface area contributed by atoms with Crippen LogP contribution in [0.5, 0.6) is 5.75 Å². The van der Waals surface area contributed by atoms with Crippen LogP contribution in [0.15, 0.2) is 60.7 Å². The number of Topliss-reactive ketones (excluding diaryl/α,β-unsaturated/α-hetero) is 1. The van der Waals surface area contributed by atoms with Gasteiger partial charge >= 0.3 is 5.97 Å². The molecule has 0 spiro atoms. The lowest BCUT2D eigenvalue weighted by Crippen LogP contribution is -2.29. The number of halogens is 2. The molecule has 0 atom stereocenters. The molecule has 0 unspecified atom stereocenters. The van der Waals surface area contributed by atoms with Gasteiger partial charge in [0.1, 0.15) is 0 Å². The Balaban J connectivity index is 1.48. The number of anilines is 1. The van der Waals surface area contributed by atoms with Gasteiger partial charge in [0.2, 0.25) is 0 Å². The highest BCUT2D eigenvalue weighted by Crippen LogP contribution is 2.30. The number of amides is 2. The lowest BCUT2D eigenvalue weighted by atomic mass is 10.1. The van der Waals surface area contributed by atoms with Crippen molar-refractivity contribution in [2.24, 2.45) is 0 Å². The van der Waals surface area contributed by atoms with Gasteiger partial charge in [-0.25, -0.2) is 14.1 Å². The summed E-state index contributed by atoms with van der Waals surface area (Å²) in [5.74, 6) is -3.36. The van der Waals surface area contributed by atoms with Crippen molar-refractivity contribution in [1.82, 2.24) is 0 Å². The Morgan fingerprint density at radius 2 is 1.58 bits per heavy atom. The van der Waals surface area contributed by atoms with E-state index in [4.69, 9.17) is 21.1 Å². The van der Waals surface area contributed by atoms with Gasteiger partial charge in [0, 0.05) is 10.6 Å². The Hall–Kier alpha value is -4.04. The zero-order valence-corrected chi connectivity index (χ0v) is 17.9. The summed E-state index contributed by atoms with van der Waals surface area (Å²) in [7, 11) is 1.30. The van der Waals surface area contributed by atoms with Crippen molar-refractivity contribution >= 4 is 40.9 Å². The van der Waals surface area contributed by atoms with Crippen LogP contribution < -0.4 is 9.64 Å². The molecule has 1 heterocycles. The number of carbonyl (C=O) groups excluding carboxylic acids is 4. The van der Waals surface area contributed by atoms with E-state index in [1.54, 1.807) is 12.1 Å². The van der Waals surface area contributed by atoms with Gasteiger partial charge in [0.05, 0.1) is 29.5 Å². The summed E-state index contributed by atoms with van der Waals surface area (Å²) in [6.45, 7) is -0.633. The minimum atomic E-state index is -0.870. The molecule has 0 fully saturated rings. The topological polar surface area (TPSA) is 90.0 Å². The molecule has 1 aliphatic heterocycles. The second kappa shape index (κ2) is 8.84. The Morgan fingerprint density at radius 3 is 2.24 bits per heavy atom. The number of nitrogens with zero attached hydrogens (tertiary/aromatic N) is 1. The Bertz CT molecular complexity index is 1300. The van der Waals surface area contributed by atoms with Crippen molar-refractivity contribution in [2.75, 3.05) is 18.6 Å². The Labute approximate surface area is 192 Å². The van der Waals surface area contributed by atoms with Crippen LogP contribution >= 0.6 is 11.6 Å². The standard InChI is InChI=1S/C24H15ClFNO6/c1-32-21-9-3-13(11-19(21)26)20(28)12-33-24(31)14-2-8-17-18(10-14)23(30)27(22(17)29)16-6-4-15(25)5-7-16/h2-11H,12H2,1H3. The molecule has 0 saturated carbocycles. The predicted octanol–water partition coefficient (Wildman–Crippen LogP) is 4.33. The maximum atomic E-state index is 13.8. The third-order valence-electron chi connectivity index (χ3n) is 5.02. The third-order valence-corrected chi connectivity index (χ3v) is 5.27. The van der Waals surface area contributed by atoms with Gasteiger partial charge in [-0.1, -0.05) is 11.6 Å². The van der Waals surface area contributed by atoms with Gasteiger partial charge in [0.25, 0.3) is 11.8 Å². The van der Waals surface area contributed by atoms with E-state index in [0.717, 1.165) is 11.0 Å². The van der Waals surface area contributed by atoms with E-state index >= 15 is 0 Å². The molecule has 0 bridgehead atoms. The molecule has 0 aliphatic carbocycles. The molecule has 166 valence electrons. The van der Waals surface area contributed by atoms with Crippen LogP contribution in [0.1, 0.15) is 41.4 Å². The number of rotatable bonds is 6. The van der Waals surface area contributed by atoms with E-state index in [0.29, 0.717) is 10.7 Å². The highest BCUT2D eigenvalue weighted by molar-refractivity contribution is 6.35. The number of ether oxygens (including phenoxy) is 2. The zero-order chi connectivity index (χ0) is 23.7. The molecule has 0 saturated heterocycles. The molecular weight excluding hydrogens is 453 g/mol. The van der Waals surface area contributed by atoms with Gasteiger partial charge in [0.15, 0.2) is 24.0 Å². The summed E-state index contributed by atoms with van der Waals surface area (Å²) in [5.41, 5.74) is 0.507. The number of carbonyl (C=O) groups is 4. The van der Waals surface area contributed by atoms with Crippen LogP contribution in [-0.4, -0.2) is 37.3 Å². The van der Waals surface area contributed by atoms with Crippen molar-refractivity contribution < 1.29 is 33.0 Å². The van der Waals surface area contributed by atoms with E-state index in [9.17, 15) is 23.6 Å². The number of esters is 1. The normalized spacial score (nSPS) is 12.5. The molecule has 33 heavy (non-hydrogen) atoms. The summed E-state index contributed by atoms with van der Waals surface area (Å²) >= 11 is 5.86. The maximum absolute atomic E-state index is 13.8. The average Bonchev–Trinajstić information content (AvgIpc) is 3.07. The first-order valence-corrected chi connectivity index (χ1v) is 10.00. The van der Waals surface area contributed by atoms with Crippen molar-refractivity contribution in [3.63, 3.8) is 0 Å². The van der Waals surface area contributed by atoms with Crippen LogP contribution in [0.2, 0.25) is 5.02 Å². The second-order valence-electron chi connectivity index (χ2n) is 7.03. The first kappa shape index (κ1) is 22.2. The van der Waals surface area contributed by atoms with Crippen LogP contribution in [0.4, 0.5) is 10.1 Å². The molecule has 4 rings (SSSR count). The summed E-state index contributed by atoms with van der Waals surface area (Å²) in [5, 5.41) is 0.451. The molecular formula is C24H15ClFNO6. The van der Waals surface area contributed by atoms with Gasteiger partial charge < -0.3 is 9.47 Å². The zero-order valence-electron chi connectivity index (χ0n) is 17.1. The highest BCUT2D eigenvalue weighted by atomic mass is 35.5. The average molecular weight is 468 g/mol. The summed E-state index contributed by atoms with van der Waals surface area (Å²) in [6, 6.07) is 13.7. The van der Waals surface area contributed by atoms with Crippen molar-refractivity contribution in [2.45, 2.75) is 0 Å². The third kappa shape index (κ3) is 4.20. The Kier molecular flexibility index (Phi) is 5.93. The number of hydrogen-bond acceptors (Lipinski definition) is 6. The van der Waals surface area contributed by atoms with E-state index in [-0.39, 0.29) is 28.0 Å². The SMILES string of the molecule is COc1ccc(C(=O)COC(=O)c2ccc3c(c2)C(=O)N(c2ccc(Cl)cc2)C3=O)cc1F. The molecule has 3 aromatic carbocycles. The minimum Gasteiger partial charge on any atom is -0.494 e. The fourth-order valence-corrected chi connectivity index (χ4v) is 3.46. The lowest BCUT2D eigenvalue weighted by Gasteiger charge is -2.13.